The highest BCUT2D eigenvalue weighted by molar-refractivity contribution is 5.55. The maximum absolute atomic E-state index is 5.23. The monoisotopic (exact) mass is 209 g/mol. The van der Waals surface area contributed by atoms with Crippen molar-refractivity contribution in [2.75, 3.05) is 19.5 Å². The van der Waals surface area contributed by atoms with E-state index in [4.69, 9.17) is 9.47 Å². The van der Waals surface area contributed by atoms with Gasteiger partial charge in [-0.1, -0.05) is 6.92 Å². The van der Waals surface area contributed by atoms with E-state index >= 15 is 0 Å². The molecule has 0 fully saturated rings. The minimum Gasteiger partial charge on any atom is -0.493 e. The zero-order valence-corrected chi connectivity index (χ0v) is 9.83. The Morgan fingerprint density at radius 3 is 2.40 bits per heavy atom. The molecule has 1 unspecified atom stereocenters. The lowest BCUT2D eigenvalue weighted by molar-refractivity contribution is 0.355. The summed E-state index contributed by atoms with van der Waals surface area (Å²) in [6.45, 7) is 4.30. The van der Waals surface area contributed by atoms with Crippen LogP contribution < -0.4 is 14.8 Å². The number of hydrogen-bond donors (Lipinski definition) is 1. The number of benzene rings is 1. The highest BCUT2D eigenvalue weighted by Gasteiger charge is 2.05. The third-order valence-corrected chi connectivity index (χ3v) is 2.41. The van der Waals surface area contributed by atoms with Crippen LogP contribution in [-0.4, -0.2) is 20.3 Å². The van der Waals surface area contributed by atoms with Gasteiger partial charge in [0.25, 0.3) is 0 Å². The summed E-state index contributed by atoms with van der Waals surface area (Å²) in [5.74, 6) is 1.51. The van der Waals surface area contributed by atoms with Gasteiger partial charge in [-0.2, -0.15) is 0 Å². The molecule has 0 spiro atoms. The molecule has 1 aromatic rings. The van der Waals surface area contributed by atoms with Crippen LogP contribution in [0.2, 0.25) is 0 Å². The molecule has 0 heterocycles. The van der Waals surface area contributed by atoms with Gasteiger partial charge in [0.05, 0.1) is 14.2 Å². The van der Waals surface area contributed by atoms with Crippen molar-refractivity contribution in [3.63, 3.8) is 0 Å². The Hall–Kier alpha value is -1.38. The van der Waals surface area contributed by atoms with Crippen molar-refractivity contribution in [1.82, 2.24) is 0 Å². The summed E-state index contributed by atoms with van der Waals surface area (Å²) >= 11 is 0. The number of rotatable bonds is 5. The summed E-state index contributed by atoms with van der Waals surface area (Å²) in [4.78, 5) is 0. The predicted octanol–water partition coefficient (Wildman–Crippen LogP) is 2.91. The smallest absolute Gasteiger partial charge is 0.162 e. The zero-order chi connectivity index (χ0) is 11.3. The van der Waals surface area contributed by atoms with Crippen LogP contribution in [-0.2, 0) is 0 Å². The molecule has 0 aromatic heterocycles. The fourth-order valence-corrected chi connectivity index (χ4v) is 1.31. The fourth-order valence-electron chi connectivity index (χ4n) is 1.31. The molecule has 0 aliphatic heterocycles. The van der Waals surface area contributed by atoms with Crippen LogP contribution in [0.1, 0.15) is 20.3 Å². The number of hydrogen-bond acceptors (Lipinski definition) is 3. The Labute approximate surface area is 91.4 Å². The van der Waals surface area contributed by atoms with Crippen molar-refractivity contribution in [2.24, 2.45) is 0 Å². The predicted molar refractivity (Wildman–Crippen MR) is 62.9 cm³/mol. The van der Waals surface area contributed by atoms with Gasteiger partial charge in [-0.15, -0.1) is 0 Å². The number of methoxy groups -OCH3 is 2. The van der Waals surface area contributed by atoms with Crippen molar-refractivity contribution in [1.29, 1.82) is 0 Å². The van der Waals surface area contributed by atoms with Gasteiger partial charge < -0.3 is 14.8 Å². The van der Waals surface area contributed by atoms with E-state index in [0.29, 0.717) is 6.04 Å². The van der Waals surface area contributed by atoms with E-state index in [1.807, 2.05) is 18.2 Å². The van der Waals surface area contributed by atoms with Crippen LogP contribution in [0.25, 0.3) is 0 Å². The lowest BCUT2D eigenvalue weighted by atomic mass is 10.2. The molecule has 0 amide bonds. The maximum atomic E-state index is 5.23. The quantitative estimate of drug-likeness (QED) is 0.808. The highest BCUT2D eigenvalue weighted by Crippen LogP contribution is 2.29. The van der Waals surface area contributed by atoms with Gasteiger partial charge >= 0.3 is 0 Å². The van der Waals surface area contributed by atoms with Gasteiger partial charge in [0.15, 0.2) is 11.5 Å². The molecule has 0 aliphatic rings. The Bertz CT molecular complexity index is 312. The number of nitrogens with one attached hydrogen (secondary N) is 1. The summed E-state index contributed by atoms with van der Waals surface area (Å²) < 4.78 is 10.4. The standard InChI is InChI=1S/C12H19NO2/c1-5-9(2)13-10-6-7-11(14-3)12(8-10)15-4/h6-9,13H,5H2,1-4H3. The first-order valence-electron chi connectivity index (χ1n) is 5.19. The van der Waals surface area contributed by atoms with Gasteiger partial charge in [0.1, 0.15) is 0 Å². The average molecular weight is 209 g/mol. The van der Waals surface area contributed by atoms with Crippen LogP contribution in [0.5, 0.6) is 11.5 Å². The molecular weight excluding hydrogens is 190 g/mol. The Morgan fingerprint density at radius 2 is 1.87 bits per heavy atom. The average Bonchev–Trinajstić information content (AvgIpc) is 2.28. The largest absolute Gasteiger partial charge is 0.493 e. The maximum Gasteiger partial charge on any atom is 0.162 e. The van der Waals surface area contributed by atoms with Gasteiger partial charge in [-0.05, 0) is 25.5 Å². The van der Waals surface area contributed by atoms with Gasteiger partial charge in [-0.3, -0.25) is 0 Å². The van der Waals surface area contributed by atoms with Crippen molar-refractivity contribution in [3.05, 3.63) is 18.2 Å². The zero-order valence-electron chi connectivity index (χ0n) is 9.83. The summed E-state index contributed by atoms with van der Waals surface area (Å²) in [7, 11) is 3.28. The van der Waals surface area contributed by atoms with Crippen LogP contribution in [0.15, 0.2) is 18.2 Å². The Kier molecular flexibility index (Phi) is 4.28. The van der Waals surface area contributed by atoms with Gasteiger partial charge in [0.2, 0.25) is 0 Å². The van der Waals surface area contributed by atoms with Crippen molar-refractivity contribution in [2.45, 2.75) is 26.3 Å². The molecule has 1 atom stereocenters. The molecule has 0 saturated heterocycles. The summed E-state index contributed by atoms with van der Waals surface area (Å²) in [6, 6.07) is 6.31. The Morgan fingerprint density at radius 1 is 1.20 bits per heavy atom. The molecule has 1 rings (SSSR count). The van der Waals surface area contributed by atoms with E-state index in [9.17, 15) is 0 Å². The molecule has 1 aromatic carbocycles. The van der Waals surface area contributed by atoms with Gasteiger partial charge in [0, 0.05) is 17.8 Å². The normalized spacial score (nSPS) is 12.0. The molecule has 0 bridgehead atoms. The fraction of sp³-hybridized carbons (Fsp3) is 0.500. The van der Waals surface area contributed by atoms with E-state index in [1.165, 1.54) is 0 Å². The van der Waals surface area contributed by atoms with Crippen LogP contribution in [0.4, 0.5) is 5.69 Å². The minimum atomic E-state index is 0.461. The first kappa shape index (κ1) is 11.7. The number of anilines is 1. The summed E-state index contributed by atoms with van der Waals surface area (Å²) in [5, 5.41) is 3.38. The highest BCUT2D eigenvalue weighted by atomic mass is 16.5. The molecule has 0 aliphatic carbocycles. The molecule has 3 nitrogen and oxygen atoms in total. The number of ether oxygens (including phenoxy) is 2. The van der Waals surface area contributed by atoms with Crippen LogP contribution in [0.3, 0.4) is 0 Å². The van der Waals surface area contributed by atoms with Gasteiger partial charge in [-0.25, -0.2) is 0 Å². The van der Waals surface area contributed by atoms with Crippen LogP contribution in [0, 0.1) is 0 Å². The molecule has 0 saturated carbocycles. The second-order valence-corrected chi connectivity index (χ2v) is 3.52. The molecular formula is C12H19NO2. The topological polar surface area (TPSA) is 30.5 Å². The van der Waals surface area contributed by atoms with E-state index in [2.05, 4.69) is 19.2 Å². The first-order valence-corrected chi connectivity index (χ1v) is 5.19. The van der Waals surface area contributed by atoms with Crippen molar-refractivity contribution < 1.29 is 9.47 Å². The molecule has 0 radical (unpaired) electrons. The SMILES string of the molecule is CCC(C)Nc1ccc(OC)c(OC)c1. The molecule has 3 heteroatoms. The van der Waals surface area contributed by atoms with E-state index in [-0.39, 0.29) is 0 Å². The van der Waals surface area contributed by atoms with E-state index < -0.39 is 0 Å². The van der Waals surface area contributed by atoms with Crippen LogP contribution >= 0.6 is 0 Å². The molecule has 84 valence electrons. The summed E-state index contributed by atoms with van der Waals surface area (Å²) in [6.07, 6.45) is 1.09. The lowest BCUT2D eigenvalue weighted by Crippen LogP contribution is -2.13. The minimum absolute atomic E-state index is 0.461. The second kappa shape index (κ2) is 5.49. The second-order valence-electron chi connectivity index (χ2n) is 3.52. The summed E-state index contributed by atoms with van der Waals surface area (Å²) in [5.41, 5.74) is 1.06. The molecule has 15 heavy (non-hydrogen) atoms. The van der Waals surface area contributed by atoms with E-state index in [0.717, 1.165) is 23.6 Å². The van der Waals surface area contributed by atoms with E-state index in [1.54, 1.807) is 14.2 Å². The molecule has 1 N–H and O–H groups in total. The first-order chi connectivity index (χ1) is 7.21. The lowest BCUT2D eigenvalue weighted by Gasteiger charge is -2.15. The van der Waals surface area contributed by atoms with Crippen molar-refractivity contribution in [3.8, 4) is 11.5 Å². The third-order valence-electron chi connectivity index (χ3n) is 2.41. The third kappa shape index (κ3) is 3.05. The van der Waals surface area contributed by atoms with Crippen molar-refractivity contribution >= 4 is 5.69 Å². The Balaban J connectivity index is 2.83.